The van der Waals surface area contributed by atoms with Crippen LogP contribution in [0.25, 0.3) is 0 Å². The van der Waals surface area contributed by atoms with Crippen molar-refractivity contribution >= 4 is 11.8 Å². The van der Waals surface area contributed by atoms with Gasteiger partial charge in [-0.05, 0) is 26.3 Å². The molecule has 5 heteroatoms. The van der Waals surface area contributed by atoms with Gasteiger partial charge in [0.25, 0.3) is 5.56 Å². The minimum atomic E-state index is -0.0442. The van der Waals surface area contributed by atoms with Crippen LogP contribution in [0.4, 0.5) is 0 Å². The van der Waals surface area contributed by atoms with Gasteiger partial charge in [-0.1, -0.05) is 45.4 Å². The van der Waals surface area contributed by atoms with Crippen LogP contribution in [0.3, 0.4) is 0 Å². The number of hydrogen-bond acceptors (Lipinski definition) is 4. The van der Waals surface area contributed by atoms with E-state index in [1.807, 2.05) is 7.05 Å². The van der Waals surface area contributed by atoms with Gasteiger partial charge >= 0.3 is 0 Å². The number of thioether (sulfide) groups is 1. The average Bonchev–Trinajstić information content (AvgIpc) is 2.42. The first kappa shape index (κ1) is 17.2. The second kappa shape index (κ2) is 9.19. The lowest BCUT2D eigenvalue weighted by molar-refractivity contribution is 0.489. The van der Waals surface area contributed by atoms with Crippen LogP contribution in [0.5, 0.6) is 0 Å². The fraction of sp³-hybridized carbons (Fsp3) is 0.733. The Morgan fingerprint density at radius 3 is 2.65 bits per heavy atom. The summed E-state index contributed by atoms with van der Waals surface area (Å²) in [5, 5.41) is 4.57. The maximum absolute atomic E-state index is 11.7. The monoisotopic (exact) mass is 297 g/mol. The molecule has 0 spiro atoms. The van der Waals surface area contributed by atoms with Crippen molar-refractivity contribution in [3.05, 3.63) is 22.1 Å². The molecule has 0 aliphatic heterocycles. The van der Waals surface area contributed by atoms with Gasteiger partial charge in [0.15, 0.2) is 5.16 Å². The Morgan fingerprint density at radius 2 is 2.10 bits per heavy atom. The molecule has 1 heterocycles. The number of H-pyrrole nitrogens is 1. The Kier molecular flexibility index (Phi) is 7.92. The predicted octanol–water partition coefficient (Wildman–Crippen LogP) is 2.98. The lowest BCUT2D eigenvalue weighted by Crippen LogP contribution is -2.35. The largest absolute Gasteiger partial charge is 0.316 e. The fourth-order valence-electron chi connectivity index (χ4n) is 2.34. The van der Waals surface area contributed by atoms with E-state index < -0.39 is 0 Å². The quantitative estimate of drug-likeness (QED) is 0.543. The second-order valence-electron chi connectivity index (χ2n) is 5.04. The Hall–Kier alpha value is -0.810. The van der Waals surface area contributed by atoms with Crippen molar-refractivity contribution in [2.24, 2.45) is 0 Å². The van der Waals surface area contributed by atoms with Gasteiger partial charge in [-0.2, -0.15) is 0 Å². The normalized spacial score (nSPS) is 14.2. The summed E-state index contributed by atoms with van der Waals surface area (Å²) in [5.41, 5.74) is 0.849. The number of aryl methyl sites for hydroxylation is 1. The van der Waals surface area contributed by atoms with Crippen LogP contribution in [0.2, 0.25) is 0 Å². The van der Waals surface area contributed by atoms with E-state index in [0.717, 1.165) is 43.0 Å². The van der Waals surface area contributed by atoms with Crippen LogP contribution in [0.1, 0.15) is 52.1 Å². The molecular weight excluding hydrogens is 270 g/mol. The molecule has 114 valence electrons. The molecule has 0 bridgehead atoms. The lowest BCUT2D eigenvalue weighted by atomic mass is 10.1. The van der Waals surface area contributed by atoms with Gasteiger partial charge in [-0.3, -0.25) is 4.79 Å². The molecule has 0 saturated heterocycles. The van der Waals surface area contributed by atoms with Crippen molar-refractivity contribution < 1.29 is 0 Å². The third-order valence-corrected chi connectivity index (χ3v) is 4.74. The van der Waals surface area contributed by atoms with Gasteiger partial charge in [0, 0.05) is 23.1 Å². The summed E-state index contributed by atoms with van der Waals surface area (Å²) in [6.45, 7) is 6.48. The standard InChI is InChI=1S/C15H27N3OS/c1-5-8-11-10-14(19)18-15(17-11)20-13(7-3)12(16-4)9-6-2/h10,12-13,16H,5-9H2,1-4H3,(H,17,18,19). The number of nitrogens with zero attached hydrogens (tertiary/aromatic N) is 1. The van der Waals surface area contributed by atoms with Crippen LogP contribution in [-0.4, -0.2) is 28.3 Å². The Labute approximate surface area is 126 Å². The molecule has 0 aromatic carbocycles. The Balaban J connectivity index is 2.85. The van der Waals surface area contributed by atoms with Crippen molar-refractivity contribution in [1.82, 2.24) is 15.3 Å². The summed E-state index contributed by atoms with van der Waals surface area (Å²) >= 11 is 1.69. The highest BCUT2D eigenvalue weighted by molar-refractivity contribution is 7.99. The molecule has 2 N–H and O–H groups in total. The highest BCUT2D eigenvalue weighted by Gasteiger charge is 2.20. The molecule has 0 radical (unpaired) electrons. The van der Waals surface area contributed by atoms with Crippen molar-refractivity contribution in [1.29, 1.82) is 0 Å². The summed E-state index contributed by atoms with van der Waals surface area (Å²) in [4.78, 5) is 19.1. The van der Waals surface area contributed by atoms with Crippen molar-refractivity contribution in [2.45, 2.75) is 69.3 Å². The van der Waals surface area contributed by atoms with Crippen molar-refractivity contribution in [3.8, 4) is 0 Å². The van der Waals surface area contributed by atoms with Gasteiger partial charge in [0.2, 0.25) is 0 Å². The molecule has 1 aromatic heterocycles. The molecule has 20 heavy (non-hydrogen) atoms. The first-order valence-electron chi connectivity index (χ1n) is 7.58. The number of aromatic amines is 1. The lowest BCUT2D eigenvalue weighted by Gasteiger charge is -2.24. The first-order valence-corrected chi connectivity index (χ1v) is 8.46. The molecule has 0 aliphatic carbocycles. The molecule has 4 nitrogen and oxygen atoms in total. The fourth-order valence-corrected chi connectivity index (χ4v) is 3.56. The van der Waals surface area contributed by atoms with Gasteiger partial charge in [-0.25, -0.2) is 4.98 Å². The van der Waals surface area contributed by atoms with E-state index >= 15 is 0 Å². The maximum Gasteiger partial charge on any atom is 0.251 e. The van der Waals surface area contributed by atoms with E-state index in [0.29, 0.717) is 11.3 Å². The molecule has 0 saturated carbocycles. The van der Waals surface area contributed by atoms with Crippen LogP contribution < -0.4 is 10.9 Å². The average molecular weight is 297 g/mol. The molecule has 1 aromatic rings. The summed E-state index contributed by atoms with van der Waals surface area (Å²) in [7, 11) is 2.01. The molecular formula is C15H27N3OS. The van der Waals surface area contributed by atoms with Crippen molar-refractivity contribution in [2.75, 3.05) is 7.05 Å². The van der Waals surface area contributed by atoms with Gasteiger partial charge in [-0.15, -0.1) is 0 Å². The van der Waals surface area contributed by atoms with Crippen LogP contribution in [0, 0.1) is 0 Å². The first-order chi connectivity index (χ1) is 9.64. The Bertz CT molecular complexity index is 447. The van der Waals surface area contributed by atoms with Crippen LogP contribution >= 0.6 is 11.8 Å². The summed E-state index contributed by atoms with van der Waals surface area (Å²) < 4.78 is 0. The van der Waals surface area contributed by atoms with Gasteiger partial charge in [0.05, 0.1) is 0 Å². The smallest absolute Gasteiger partial charge is 0.251 e. The minimum absolute atomic E-state index is 0.0442. The van der Waals surface area contributed by atoms with Crippen LogP contribution in [0.15, 0.2) is 16.0 Å². The van der Waals surface area contributed by atoms with E-state index in [9.17, 15) is 4.79 Å². The molecule has 1 rings (SSSR count). The van der Waals surface area contributed by atoms with Gasteiger partial charge < -0.3 is 10.3 Å². The number of aromatic nitrogens is 2. The number of rotatable bonds is 9. The van der Waals surface area contributed by atoms with Gasteiger partial charge in [0.1, 0.15) is 0 Å². The number of hydrogen-bond donors (Lipinski definition) is 2. The van der Waals surface area contributed by atoms with Crippen molar-refractivity contribution in [3.63, 3.8) is 0 Å². The third-order valence-electron chi connectivity index (χ3n) is 3.36. The predicted molar refractivity (Wildman–Crippen MR) is 86.5 cm³/mol. The van der Waals surface area contributed by atoms with Crippen LogP contribution in [-0.2, 0) is 6.42 Å². The third kappa shape index (κ3) is 5.29. The topological polar surface area (TPSA) is 57.8 Å². The summed E-state index contributed by atoms with van der Waals surface area (Å²) in [6.07, 6.45) is 5.21. The second-order valence-corrected chi connectivity index (χ2v) is 6.27. The van der Waals surface area contributed by atoms with E-state index in [4.69, 9.17) is 0 Å². The molecule has 2 unspecified atom stereocenters. The zero-order chi connectivity index (χ0) is 15.0. The van der Waals surface area contributed by atoms with E-state index in [-0.39, 0.29) is 5.56 Å². The molecule has 0 fully saturated rings. The summed E-state index contributed by atoms with van der Waals surface area (Å²) in [6, 6.07) is 2.06. The molecule has 0 aliphatic rings. The summed E-state index contributed by atoms with van der Waals surface area (Å²) in [5.74, 6) is 0. The highest BCUT2D eigenvalue weighted by Crippen LogP contribution is 2.26. The minimum Gasteiger partial charge on any atom is -0.316 e. The zero-order valence-electron chi connectivity index (χ0n) is 13.0. The maximum atomic E-state index is 11.7. The molecule has 2 atom stereocenters. The zero-order valence-corrected chi connectivity index (χ0v) is 13.8. The van der Waals surface area contributed by atoms with E-state index in [2.05, 4.69) is 36.1 Å². The highest BCUT2D eigenvalue weighted by atomic mass is 32.2. The Morgan fingerprint density at radius 1 is 1.35 bits per heavy atom. The van der Waals surface area contributed by atoms with E-state index in [1.54, 1.807) is 17.8 Å². The number of nitrogens with one attached hydrogen (secondary N) is 2. The molecule has 0 amide bonds. The SMILES string of the molecule is CCCc1cc(=O)[nH]c(SC(CC)C(CCC)NC)n1. The van der Waals surface area contributed by atoms with E-state index in [1.165, 1.54) is 0 Å².